The molecule has 0 saturated heterocycles. The number of ketones is 1. The van der Waals surface area contributed by atoms with E-state index in [0.29, 0.717) is 5.71 Å². The van der Waals surface area contributed by atoms with Crippen LogP contribution < -0.4 is 0 Å². The molecule has 0 saturated carbocycles. The van der Waals surface area contributed by atoms with Crippen molar-refractivity contribution in [2.75, 3.05) is 5.75 Å². The van der Waals surface area contributed by atoms with E-state index in [-0.39, 0.29) is 11.5 Å². The van der Waals surface area contributed by atoms with E-state index in [1.165, 1.54) is 6.92 Å². The SMILES string of the molecule is CC(=O)CS(=O)(=O)C1=NN=C(c2ccccc2)C1. The van der Waals surface area contributed by atoms with Crippen LogP contribution in [0.3, 0.4) is 0 Å². The third kappa shape index (κ3) is 2.70. The van der Waals surface area contributed by atoms with Crippen molar-refractivity contribution in [3.05, 3.63) is 35.9 Å². The monoisotopic (exact) mass is 264 g/mol. The molecule has 0 fully saturated rings. The predicted octanol–water partition coefficient (Wildman–Crippen LogP) is 1.20. The molecule has 94 valence electrons. The molecule has 0 N–H and O–H groups in total. The fourth-order valence-electron chi connectivity index (χ4n) is 1.64. The van der Waals surface area contributed by atoms with Crippen LogP contribution in [-0.4, -0.2) is 30.7 Å². The number of carbonyl (C=O) groups is 1. The zero-order valence-electron chi connectivity index (χ0n) is 9.83. The third-order valence-electron chi connectivity index (χ3n) is 2.46. The quantitative estimate of drug-likeness (QED) is 0.823. The normalized spacial score (nSPS) is 15.2. The van der Waals surface area contributed by atoms with Crippen molar-refractivity contribution in [2.45, 2.75) is 13.3 Å². The summed E-state index contributed by atoms with van der Waals surface area (Å²) in [5.41, 5.74) is 1.45. The van der Waals surface area contributed by atoms with E-state index >= 15 is 0 Å². The van der Waals surface area contributed by atoms with Gasteiger partial charge in [-0.25, -0.2) is 8.42 Å². The highest BCUT2D eigenvalue weighted by Crippen LogP contribution is 2.15. The lowest BCUT2D eigenvalue weighted by Crippen LogP contribution is -2.22. The van der Waals surface area contributed by atoms with Crippen molar-refractivity contribution in [1.82, 2.24) is 0 Å². The van der Waals surface area contributed by atoms with Gasteiger partial charge in [-0.3, -0.25) is 4.79 Å². The maximum Gasteiger partial charge on any atom is 0.200 e. The van der Waals surface area contributed by atoms with Crippen molar-refractivity contribution < 1.29 is 13.2 Å². The maximum atomic E-state index is 11.8. The number of carbonyl (C=O) groups excluding carboxylic acids is 1. The number of nitrogens with zero attached hydrogens (tertiary/aromatic N) is 2. The number of benzene rings is 1. The molecule has 0 spiro atoms. The van der Waals surface area contributed by atoms with Gasteiger partial charge in [-0.2, -0.15) is 5.10 Å². The van der Waals surface area contributed by atoms with Gasteiger partial charge in [0.15, 0.2) is 5.04 Å². The summed E-state index contributed by atoms with van der Waals surface area (Å²) in [5.74, 6) is -0.908. The first-order valence-electron chi connectivity index (χ1n) is 5.40. The number of rotatable bonds is 3. The summed E-state index contributed by atoms with van der Waals surface area (Å²) < 4.78 is 23.6. The Bertz CT molecular complexity index is 631. The molecule has 1 aliphatic heterocycles. The molecule has 6 heteroatoms. The lowest BCUT2D eigenvalue weighted by Gasteiger charge is -2.01. The van der Waals surface area contributed by atoms with E-state index in [4.69, 9.17) is 0 Å². The summed E-state index contributed by atoms with van der Waals surface area (Å²) in [4.78, 5) is 10.9. The van der Waals surface area contributed by atoms with Gasteiger partial charge in [0.05, 0.1) is 5.71 Å². The molecule has 1 aliphatic rings. The zero-order valence-corrected chi connectivity index (χ0v) is 10.6. The van der Waals surface area contributed by atoms with E-state index in [9.17, 15) is 13.2 Å². The molecule has 0 amide bonds. The molecule has 1 aromatic rings. The minimum Gasteiger partial charge on any atom is -0.299 e. The van der Waals surface area contributed by atoms with Gasteiger partial charge in [-0.1, -0.05) is 30.3 Å². The highest BCUT2D eigenvalue weighted by Gasteiger charge is 2.27. The minimum atomic E-state index is -3.61. The molecule has 18 heavy (non-hydrogen) atoms. The summed E-state index contributed by atoms with van der Waals surface area (Å²) >= 11 is 0. The summed E-state index contributed by atoms with van der Waals surface area (Å²) in [6, 6.07) is 9.25. The van der Waals surface area contributed by atoms with Gasteiger partial charge in [0.25, 0.3) is 0 Å². The first kappa shape index (κ1) is 12.6. The lowest BCUT2D eigenvalue weighted by molar-refractivity contribution is -0.114. The predicted molar refractivity (Wildman–Crippen MR) is 69.5 cm³/mol. The Morgan fingerprint density at radius 3 is 2.50 bits per heavy atom. The van der Waals surface area contributed by atoms with Crippen LogP contribution in [0, 0.1) is 0 Å². The Hall–Kier alpha value is -1.82. The van der Waals surface area contributed by atoms with Crippen molar-refractivity contribution in [3.8, 4) is 0 Å². The first-order valence-corrected chi connectivity index (χ1v) is 7.05. The Labute approximate surface area is 105 Å². The molecule has 1 heterocycles. The summed E-state index contributed by atoms with van der Waals surface area (Å²) in [5, 5.41) is 7.53. The Kier molecular flexibility index (Phi) is 3.38. The van der Waals surface area contributed by atoms with Crippen LogP contribution in [-0.2, 0) is 14.6 Å². The molecule has 2 rings (SSSR count). The molecule has 0 atom stereocenters. The summed E-state index contributed by atoms with van der Waals surface area (Å²) in [7, 11) is -3.61. The van der Waals surface area contributed by atoms with Crippen molar-refractivity contribution in [3.63, 3.8) is 0 Å². The second kappa shape index (κ2) is 4.81. The van der Waals surface area contributed by atoms with Crippen LogP contribution in [0.1, 0.15) is 18.9 Å². The molecule has 5 nitrogen and oxygen atoms in total. The van der Waals surface area contributed by atoms with E-state index < -0.39 is 21.4 Å². The third-order valence-corrected chi connectivity index (χ3v) is 4.19. The molecular weight excluding hydrogens is 252 g/mol. The van der Waals surface area contributed by atoms with Crippen LogP contribution in [0.2, 0.25) is 0 Å². The van der Waals surface area contributed by atoms with Crippen LogP contribution in [0.25, 0.3) is 0 Å². The minimum absolute atomic E-state index is 0.0310. The fourth-order valence-corrected chi connectivity index (χ4v) is 2.87. The smallest absolute Gasteiger partial charge is 0.200 e. The van der Waals surface area contributed by atoms with Crippen molar-refractivity contribution in [1.29, 1.82) is 0 Å². The average molecular weight is 264 g/mol. The molecule has 0 radical (unpaired) electrons. The lowest BCUT2D eigenvalue weighted by atomic mass is 10.1. The zero-order chi connectivity index (χ0) is 13.2. The van der Waals surface area contributed by atoms with Gasteiger partial charge in [-0.05, 0) is 12.5 Å². The standard InChI is InChI=1S/C12H12N2O3S/c1-9(15)8-18(16,17)12-7-11(13-14-12)10-5-3-2-4-6-10/h2-6H,7-8H2,1H3. The van der Waals surface area contributed by atoms with Crippen molar-refractivity contribution >= 4 is 26.4 Å². The van der Waals surface area contributed by atoms with E-state index in [1.54, 1.807) is 0 Å². The molecule has 0 aromatic heterocycles. The van der Waals surface area contributed by atoms with E-state index in [2.05, 4.69) is 10.2 Å². The van der Waals surface area contributed by atoms with Crippen molar-refractivity contribution in [2.24, 2.45) is 10.2 Å². The van der Waals surface area contributed by atoms with Crippen LogP contribution in [0.15, 0.2) is 40.5 Å². The highest BCUT2D eigenvalue weighted by molar-refractivity contribution is 8.07. The molecule has 0 unspecified atom stereocenters. The van der Waals surface area contributed by atoms with Crippen LogP contribution in [0.5, 0.6) is 0 Å². The second-order valence-electron chi connectivity index (χ2n) is 4.04. The van der Waals surface area contributed by atoms with Crippen LogP contribution in [0.4, 0.5) is 0 Å². The van der Waals surface area contributed by atoms with Gasteiger partial charge < -0.3 is 0 Å². The highest BCUT2D eigenvalue weighted by atomic mass is 32.2. The fraction of sp³-hybridized carbons (Fsp3) is 0.250. The van der Waals surface area contributed by atoms with E-state index in [0.717, 1.165) is 5.56 Å². The Balaban J connectivity index is 2.15. The number of hydrogen-bond donors (Lipinski definition) is 0. The second-order valence-corrected chi connectivity index (χ2v) is 6.03. The largest absolute Gasteiger partial charge is 0.299 e. The van der Waals surface area contributed by atoms with Gasteiger partial charge in [0.2, 0.25) is 9.84 Å². The molecular formula is C12H12N2O3S. The number of Topliss-reactive ketones (excluding diaryl/α,β-unsaturated/α-hetero) is 1. The molecule has 0 bridgehead atoms. The average Bonchev–Trinajstić information content (AvgIpc) is 2.78. The van der Waals surface area contributed by atoms with E-state index in [1.807, 2.05) is 30.3 Å². The first-order chi connectivity index (χ1) is 8.49. The van der Waals surface area contributed by atoms with Gasteiger partial charge >= 0.3 is 0 Å². The number of hydrogen-bond acceptors (Lipinski definition) is 5. The van der Waals surface area contributed by atoms with Gasteiger partial charge in [-0.15, -0.1) is 5.10 Å². The summed E-state index contributed by atoms with van der Waals surface area (Å²) in [6.07, 6.45) is 0.152. The topological polar surface area (TPSA) is 75.9 Å². The Morgan fingerprint density at radius 2 is 1.89 bits per heavy atom. The molecule has 0 aliphatic carbocycles. The van der Waals surface area contributed by atoms with Gasteiger partial charge in [0, 0.05) is 6.42 Å². The number of sulfone groups is 1. The van der Waals surface area contributed by atoms with Gasteiger partial charge in [0.1, 0.15) is 11.5 Å². The maximum absolute atomic E-state index is 11.8. The Morgan fingerprint density at radius 1 is 1.22 bits per heavy atom. The molecule has 1 aromatic carbocycles. The summed E-state index contributed by atoms with van der Waals surface area (Å²) in [6.45, 7) is 1.24. The van der Waals surface area contributed by atoms with Crippen LogP contribution >= 0.6 is 0 Å².